The number of carbonyl (C=O) groups excluding carboxylic acids is 2. The van der Waals surface area contributed by atoms with E-state index in [1.54, 1.807) is 24.3 Å². The van der Waals surface area contributed by atoms with Gasteiger partial charge in [0.2, 0.25) is 0 Å². The number of ether oxygens (including phenoxy) is 2. The van der Waals surface area contributed by atoms with Crippen LogP contribution < -0.4 is 4.74 Å². The van der Waals surface area contributed by atoms with Crippen molar-refractivity contribution < 1.29 is 19.1 Å². The highest BCUT2D eigenvalue weighted by molar-refractivity contribution is 6.32. The molecule has 1 aliphatic heterocycles. The Bertz CT molecular complexity index is 678. The number of para-hydroxylation sites is 1. The fourth-order valence-electron chi connectivity index (χ4n) is 2.61. The predicted octanol–water partition coefficient (Wildman–Crippen LogP) is 3.81. The van der Waals surface area contributed by atoms with Crippen molar-refractivity contribution in [2.24, 2.45) is 5.41 Å². The van der Waals surface area contributed by atoms with E-state index in [1.165, 1.54) is 18.1 Å². The van der Waals surface area contributed by atoms with E-state index in [-0.39, 0.29) is 17.9 Å². The topological polar surface area (TPSA) is 55.8 Å². The van der Waals surface area contributed by atoms with E-state index in [0.29, 0.717) is 23.0 Å². The molecule has 0 aliphatic carbocycles. The lowest BCUT2D eigenvalue weighted by Gasteiger charge is -2.28. The first-order valence-electron chi connectivity index (χ1n) is 8.22. The SMILES string of the molecule is COC(=O)C(CCC(C)(C)C)N1CC(Oc2ccccc2Cl)=CC1=O. The number of halogens is 1. The summed E-state index contributed by atoms with van der Waals surface area (Å²) in [5.41, 5.74) is 0.0549. The van der Waals surface area contributed by atoms with Crippen LogP contribution in [-0.2, 0) is 14.3 Å². The summed E-state index contributed by atoms with van der Waals surface area (Å²) in [5, 5.41) is 0.464. The number of hydrogen-bond donors (Lipinski definition) is 0. The van der Waals surface area contributed by atoms with Gasteiger partial charge in [-0.2, -0.15) is 0 Å². The van der Waals surface area contributed by atoms with E-state index in [1.807, 2.05) is 0 Å². The van der Waals surface area contributed by atoms with E-state index in [2.05, 4.69) is 20.8 Å². The Labute approximate surface area is 153 Å². The van der Waals surface area contributed by atoms with E-state index < -0.39 is 12.0 Å². The highest BCUT2D eigenvalue weighted by Gasteiger charge is 2.35. The van der Waals surface area contributed by atoms with E-state index >= 15 is 0 Å². The number of esters is 1. The molecule has 2 rings (SSSR count). The predicted molar refractivity (Wildman–Crippen MR) is 96.4 cm³/mol. The molecule has 0 fully saturated rings. The van der Waals surface area contributed by atoms with Crippen LogP contribution in [0.5, 0.6) is 5.75 Å². The third-order valence-corrected chi connectivity index (χ3v) is 4.30. The molecule has 0 aromatic heterocycles. The van der Waals surface area contributed by atoms with Crippen LogP contribution in [0.3, 0.4) is 0 Å². The van der Waals surface area contributed by atoms with Crippen LogP contribution in [0.1, 0.15) is 33.6 Å². The molecule has 0 saturated heterocycles. The number of carbonyl (C=O) groups is 2. The molecular weight excluding hydrogens is 342 g/mol. The second-order valence-corrected chi connectivity index (χ2v) is 7.65. The first-order valence-corrected chi connectivity index (χ1v) is 8.60. The van der Waals surface area contributed by atoms with Gasteiger partial charge in [-0.25, -0.2) is 4.79 Å². The van der Waals surface area contributed by atoms with Crippen molar-refractivity contribution >= 4 is 23.5 Å². The summed E-state index contributed by atoms with van der Waals surface area (Å²) in [6.45, 7) is 6.50. The molecule has 1 heterocycles. The molecule has 25 heavy (non-hydrogen) atoms. The largest absolute Gasteiger partial charge is 0.467 e. The van der Waals surface area contributed by atoms with E-state index in [4.69, 9.17) is 21.1 Å². The molecule has 0 bridgehead atoms. The van der Waals surface area contributed by atoms with Gasteiger partial charge in [0.1, 0.15) is 17.6 Å². The first-order chi connectivity index (χ1) is 11.7. The van der Waals surface area contributed by atoms with Gasteiger partial charge in [-0.15, -0.1) is 0 Å². The summed E-state index contributed by atoms with van der Waals surface area (Å²) in [5.74, 6) is 0.272. The Morgan fingerprint density at radius 1 is 1.32 bits per heavy atom. The molecule has 1 unspecified atom stereocenters. The molecule has 1 aromatic carbocycles. The van der Waals surface area contributed by atoms with Gasteiger partial charge in [0.05, 0.1) is 18.7 Å². The summed E-state index contributed by atoms with van der Waals surface area (Å²) < 4.78 is 10.6. The van der Waals surface area contributed by atoms with Crippen molar-refractivity contribution in [3.05, 3.63) is 41.1 Å². The molecule has 0 radical (unpaired) electrons. The van der Waals surface area contributed by atoms with Crippen LogP contribution in [0.2, 0.25) is 5.02 Å². The van der Waals surface area contributed by atoms with Crippen molar-refractivity contribution in [2.45, 2.75) is 39.7 Å². The van der Waals surface area contributed by atoms with Gasteiger partial charge in [0, 0.05) is 6.08 Å². The number of nitrogens with zero attached hydrogens (tertiary/aromatic N) is 1. The fraction of sp³-hybridized carbons (Fsp3) is 0.474. The molecule has 0 saturated carbocycles. The minimum Gasteiger partial charge on any atom is -0.467 e. The van der Waals surface area contributed by atoms with Crippen molar-refractivity contribution in [3.63, 3.8) is 0 Å². The average Bonchev–Trinajstić information content (AvgIpc) is 2.89. The zero-order valence-electron chi connectivity index (χ0n) is 15.0. The zero-order chi connectivity index (χ0) is 18.6. The Kier molecular flexibility index (Phi) is 6.11. The maximum Gasteiger partial charge on any atom is 0.328 e. The number of rotatable bonds is 6. The third kappa shape index (κ3) is 5.23. The third-order valence-electron chi connectivity index (χ3n) is 3.99. The molecule has 1 aliphatic rings. The minimum absolute atomic E-state index is 0.0549. The normalized spacial score (nSPS) is 15.8. The quantitative estimate of drug-likeness (QED) is 0.719. The lowest BCUT2D eigenvalue weighted by atomic mass is 9.88. The molecule has 0 spiro atoms. The number of benzene rings is 1. The number of hydrogen-bond acceptors (Lipinski definition) is 4. The maximum absolute atomic E-state index is 12.4. The molecule has 5 nitrogen and oxygen atoms in total. The Hall–Kier alpha value is -2.01. The van der Waals surface area contributed by atoms with Gasteiger partial charge in [0.15, 0.2) is 0 Å². The van der Waals surface area contributed by atoms with Crippen molar-refractivity contribution in [1.82, 2.24) is 4.90 Å². The number of amides is 1. The van der Waals surface area contributed by atoms with Gasteiger partial charge in [-0.3, -0.25) is 4.79 Å². The molecule has 6 heteroatoms. The summed E-state index contributed by atoms with van der Waals surface area (Å²) in [4.78, 5) is 26.0. The lowest BCUT2D eigenvalue weighted by Crippen LogP contribution is -2.44. The summed E-state index contributed by atoms with van der Waals surface area (Å²) in [6, 6.07) is 6.42. The second-order valence-electron chi connectivity index (χ2n) is 7.25. The number of methoxy groups -OCH3 is 1. The van der Waals surface area contributed by atoms with Gasteiger partial charge in [-0.1, -0.05) is 44.5 Å². The Morgan fingerprint density at radius 2 is 2.00 bits per heavy atom. The van der Waals surface area contributed by atoms with Gasteiger partial charge < -0.3 is 14.4 Å². The summed E-state index contributed by atoms with van der Waals surface area (Å²) in [7, 11) is 1.33. The Balaban J connectivity index is 2.10. The van der Waals surface area contributed by atoms with Gasteiger partial charge >= 0.3 is 5.97 Å². The van der Waals surface area contributed by atoms with Crippen molar-refractivity contribution in [1.29, 1.82) is 0 Å². The van der Waals surface area contributed by atoms with Gasteiger partial charge in [-0.05, 0) is 30.4 Å². The van der Waals surface area contributed by atoms with Gasteiger partial charge in [0.25, 0.3) is 5.91 Å². The average molecular weight is 366 g/mol. The van der Waals surface area contributed by atoms with Crippen LogP contribution in [0.15, 0.2) is 36.1 Å². The second kappa shape index (κ2) is 7.91. The summed E-state index contributed by atoms with van der Waals surface area (Å²) in [6.07, 6.45) is 2.72. The standard InChI is InChI=1S/C19H24ClNO4/c1-19(2,3)10-9-15(18(23)24-4)21-12-13(11-17(21)22)25-16-8-6-5-7-14(16)20/h5-8,11,15H,9-10,12H2,1-4H3. The highest BCUT2D eigenvalue weighted by atomic mass is 35.5. The first kappa shape index (κ1) is 19.3. The van der Waals surface area contributed by atoms with E-state index in [9.17, 15) is 9.59 Å². The highest BCUT2D eigenvalue weighted by Crippen LogP contribution is 2.29. The zero-order valence-corrected chi connectivity index (χ0v) is 15.8. The summed E-state index contributed by atoms with van der Waals surface area (Å²) >= 11 is 6.09. The Morgan fingerprint density at radius 3 is 2.60 bits per heavy atom. The molecule has 136 valence electrons. The van der Waals surface area contributed by atoms with Crippen LogP contribution in [0, 0.1) is 5.41 Å². The van der Waals surface area contributed by atoms with Crippen LogP contribution in [0.4, 0.5) is 0 Å². The lowest BCUT2D eigenvalue weighted by molar-refractivity contribution is -0.151. The molecular formula is C19H24ClNO4. The van der Waals surface area contributed by atoms with E-state index in [0.717, 1.165) is 6.42 Å². The minimum atomic E-state index is -0.625. The fourth-order valence-corrected chi connectivity index (χ4v) is 2.79. The van der Waals surface area contributed by atoms with Crippen LogP contribution in [0.25, 0.3) is 0 Å². The van der Waals surface area contributed by atoms with Crippen molar-refractivity contribution in [2.75, 3.05) is 13.7 Å². The smallest absolute Gasteiger partial charge is 0.328 e. The van der Waals surface area contributed by atoms with Crippen LogP contribution in [-0.4, -0.2) is 36.5 Å². The molecule has 1 aromatic rings. The van der Waals surface area contributed by atoms with Crippen molar-refractivity contribution in [3.8, 4) is 5.75 Å². The van der Waals surface area contributed by atoms with Crippen LogP contribution >= 0.6 is 11.6 Å². The molecule has 0 N–H and O–H groups in total. The molecule has 1 amide bonds. The molecule has 1 atom stereocenters. The maximum atomic E-state index is 12.4. The monoisotopic (exact) mass is 365 g/mol.